The quantitative estimate of drug-likeness (QED) is 0.841. The predicted molar refractivity (Wildman–Crippen MR) is 78.5 cm³/mol. The lowest BCUT2D eigenvalue weighted by Gasteiger charge is -1.95. The Morgan fingerprint density at radius 2 is 1.89 bits per heavy atom. The minimum atomic E-state index is -0.370. The number of carbonyl (C=O) groups is 1. The summed E-state index contributed by atoms with van der Waals surface area (Å²) in [6, 6.07) is 12.8. The number of pyridine rings is 1. The number of ether oxygens (including phenoxy) is 1. The number of amides is 1. The fraction of sp³-hybridized carbons (Fsp3) is 0.0769. The summed E-state index contributed by atoms with van der Waals surface area (Å²) in [7, 11) is 1.60. The number of rotatable bonds is 2. The molecule has 1 aromatic carbocycles. The molecule has 2 rings (SSSR count). The van der Waals surface area contributed by atoms with Crippen LogP contribution in [0.1, 0.15) is 10.4 Å². The van der Waals surface area contributed by atoms with Gasteiger partial charge in [-0.05, 0) is 40.8 Å². The van der Waals surface area contributed by atoms with E-state index in [0.29, 0.717) is 11.4 Å². The average molecular weight is 356 g/mol. The summed E-state index contributed by atoms with van der Waals surface area (Å²) in [5, 5.41) is 0. The monoisotopic (exact) mass is 356 g/mol. The average Bonchev–Trinajstić information content (AvgIpc) is 2.40. The fourth-order valence-electron chi connectivity index (χ4n) is 1.13. The topological polar surface area (TPSA) is 65.2 Å². The van der Waals surface area contributed by atoms with E-state index in [4.69, 9.17) is 10.5 Å². The molecule has 5 heteroatoms. The fourth-order valence-corrected chi connectivity index (χ4v) is 1.78. The third-order valence-electron chi connectivity index (χ3n) is 1.99. The number of nitrogens with two attached hydrogens (primary N) is 1. The van der Waals surface area contributed by atoms with Crippen LogP contribution >= 0.6 is 22.6 Å². The maximum absolute atomic E-state index is 10.6. The summed E-state index contributed by atoms with van der Waals surface area (Å²) in [5.74, 6) is 0.289. The van der Waals surface area contributed by atoms with Gasteiger partial charge in [-0.1, -0.05) is 18.2 Å². The number of carbonyl (C=O) groups excluding carboxylic acids is 1. The van der Waals surface area contributed by atoms with Crippen LogP contribution in [0, 0.1) is 3.57 Å². The number of hydrogen-bond acceptors (Lipinski definition) is 3. The molecule has 0 unspecified atom stereocenters. The first-order valence-electron chi connectivity index (χ1n) is 5.14. The third-order valence-corrected chi connectivity index (χ3v) is 2.93. The Kier molecular flexibility index (Phi) is 6.13. The van der Waals surface area contributed by atoms with Crippen molar-refractivity contribution in [2.24, 2.45) is 5.73 Å². The van der Waals surface area contributed by atoms with Crippen LogP contribution in [0.2, 0.25) is 0 Å². The molecule has 2 aromatic rings. The number of primary amides is 1. The van der Waals surface area contributed by atoms with Crippen molar-refractivity contribution in [1.29, 1.82) is 0 Å². The summed E-state index contributed by atoms with van der Waals surface area (Å²) in [6.45, 7) is 0. The molecule has 0 saturated carbocycles. The van der Waals surface area contributed by atoms with Crippen molar-refractivity contribution in [2.45, 2.75) is 0 Å². The Morgan fingerprint density at radius 3 is 2.28 bits per heavy atom. The maximum Gasteiger partial charge on any atom is 0.249 e. The first kappa shape index (κ1) is 14.4. The van der Waals surface area contributed by atoms with Crippen molar-refractivity contribution < 1.29 is 9.53 Å². The van der Waals surface area contributed by atoms with E-state index in [0.717, 1.165) is 3.57 Å². The molecule has 0 aliphatic carbocycles. The zero-order valence-corrected chi connectivity index (χ0v) is 12.0. The van der Waals surface area contributed by atoms with Gasteiger partial charge in [0.05, 0.1) is 12.7 Å². The molecular weight excluding hydrogens is 343 g/mol. The van der Waals surface area contributed by atoms with Crippen LogP contribution in [-0.4, -0.2) is 18.0 Å². The molecule has 18 heavy (non-hydrogen) atoms. The molecular formula is C13H13IN2O2. The van der Waals surface area contributed by atoms with E-state index in [1.54, 1.807) is 31.5 Å². The van der Waals surface area contributed by atoms with E-state index in [9.17, 15) is 4.79 Å². The van der Waals surface area contributed by atoms with Gasteiger partial charge in [0, 0.05) is 15.8 Å². The zero-order chi connectivity index (χ0) is 13.4. The van der Waals surface area contributed by atoms with Crippen molar-refractivity contribution in [1.82, 2.24) is 4.98 Å². The molecule has 94 valence electrons. The Bertz CT molecular complexity index is 503. The van der Waals surface area contributed by atoms with Crippen LogP contribution in [0.25, 0.3) is 0 Å². The SMILES string of the molecule is COc1ccccn1.NC(=O)c1ccccc1I. The molecule has 2 N–H and O–H groups in total. The van der Waals surface area contributed by atoms with Gasteiger partial charge in [-0.2, -0.15) is 0 Å². The predicted octanol–water partition coefficient (Wildman–Crippen LogP) is 2.48. The van der Waals surface area contributed by atoms with Gasteiger partial charge in [-0.15, -0.1) is 0 Å². The van der Waals surface area contributed by atoms with Crippen molar-refractivity contribution in [3.8, 4) is 5.88 Å². The lowest BCUT2D eigenvalue weighted by atomic mass is 10.2. The van der Waals surface area contributed by atoms with Crippen molar-refractivity contribution in [3.63, 3.8) is 0 Å². The summed E-state index contributed by atoms with van der Waals surface area (Å²) in [4.78, 5) is 14.5. The molecule has 0 fully saturated rings. The Labute approximate surface area is 119 Å². The van der Waals surface area contributed by atoms with E-state index < -0.39 is 0 Å². The van der Waals surface area contributed by atoms with Gasteiger partial charge in [0.15, 0.2) is 0 Å². The van der Waals surface area contributed by atoms with E-state index in [1.807, 2.05) is 24.3 Å². The molecule has 0 spiro atoms. The van der Waals surface area contributed by atoms with Crippen LogP contribution in [0.15, 0.2) is 48.7 Å². The minimum Gasteiger partial charge on any atom is -0.481 e. The Balaban J connectivity index is 0.000000184. The van der Waals surface area contributed by atoms with Gasteiger partial charge in [0.2, 0.25) is 11.8 Å². The number of nitrogens with zero attached hydrogens (tertiary/aromatic N) is 1. The number of aromatic nitrogens is 1. The van der Waals surface area contributed by atoms with Crippen molar-refractivity contribution in [3.05, 3.63) is 57.8 Å². The highest BCUT2D eigenvalue weighted by Crippen LogP contribution is 2.09. The number of methoxy groups -OCH3 is 1. The smallest absolute Gasteiger partial charge is 0.249 e. The van der Waals surface area contributed by atoms with Gasteiger partial charge in [-0.3, -0.25) is 4.79 Å². The molecule has 1 aromatic heterocycles. The minimum absolute atomic E-state index is 0.370. The number of hydrogen-bond donors (Lipinski definition) is 1. The van der Waals surface area contributed by atoms with E-state index >= 15 is 0 Å². The van der Waals surface area contributed by atoms with Crippen LogP contribution in [0.5, 0.6) is 5.88 Å². The molecule has 1 amide bonds. The first-order chi connectivity index (χ1) is 8.65. The highest BCUT2D eigenvalue weighted by molar-refractivity contribution is 14.1. The molecule has 0 aliphatic rings. The molecule has 0 bridgehead atoms. The second kappa shape index (κ2) is 7.65. The summed E-state index contributed by atoms with van der Waals surface area (Å²) in [6.07, 6.45) is 1.69. The van der Waals surface area contributed by atoms with Gasteiger partial charge in [0.1, 0.15) is 0 Å². The zero-order valence-electron chi connectivity index (χ0n) is 9.84. The van der Waals surface area contributed by atoms with Crippen LogP contribution < -0.4 is 10.5 Å². The lowest BCUT2D eigenvalue weighted by Crippen LogP contribution is -2.12. The molecule has 0 saturated heterocycles. The normalized spacial score (nSPS) is 9.00. The number of benzene rings is 1. The van der Waals surface area contributed by atoms with Crippen LogP contribution in [0.4, 0.5) is 0 Å². The van der Waals surface area contributed by atoms with E-state index in [1.165, 1.54) is 0 Å². The summed E-state index contributed by atoms with van der Waals surface area (Å²) >= 11 is 2.07. The van der Waals surface area contributed by atoms with Gasteiger partial charge in [0.25, 0.3) is 0 Å². The molecule has 4 nitrogen and oxygen atoms in total. The lowest BCUT2D eigenvalue weighted by molar-refractivity contribution is 0.0999. The summed E-state index contributed by atoms with van der Waals surface area (Å²) in [5.41, 5.74) is 5.66. The third kappa shape index (κ3) is 4.70. The standard InChI is InChI=1S/C7H6INO.C6H7NO/c8-6-4-2-1-3-5(6)7(9)10;1-8-6-4-2-3-5-7-6/h1-4H,(H2,9,10);2-5H,1H3. The van der Waals surface area contributed by atoms with Crippen LogP contribution in [0.3, 0.4) is 0 Å². The van der Waals surface area contributed by atoms with Crippen molar-refractivity contribution >= 4 is 28.5 Å². The second-order valence-electron chi connectivity index (χ2n) is 3.22. The highest BCUT2D eigenvalue weighted by Gasteiger charge is 2.01. The second-order valence-corrected chi connectivity index (χ2v) is 4.38. The van der Waals surface area contributed by atoms with Gasteiger partial charge in [-0.25, -0.2) is 4.98 Å². The van der Waals surface area contributed by atoms with Gasteiger partial charge < -0.3 is 10.5 Å². The van der Waals surface area contributed by atoms with Crippen molar-refractivity contribution in [2.75, 3.05) is 7.11 Å². The largest absolute Gasteiger partial charge is 0.481 e. The molecule has 0 radical (unpaired) electrons. The van der Waals surface area contributed by atoms with Gasteiger partial charge >= 0.3 is 0 Å². The van der Waals surface area contributed by atoms with E-state index in [2.05, 4.69) is 27.6 Å². The molecule has 0 atom stereocenters. The van der Waals surface area contributed by atoms with E-state index in [-0.39, 0.29) is 5.91 Å². The molecule has 1 heterocycles. The Hall–Kier alpha value is -1.63. The molecule has 0 aliphatic heterocycles. The maximum atomic E-state index is 10.6. The summed E-state index contributed by atoms with van der Waals surface area (Å²) < 4.78 is 5.70. The highest BCUT2D eigenvalue weighted by atomic mass is 127. The number of halogens is 1. The first-order valence-corrected chi connectivity index (χ1v) is 6.22. The van der Waals surface area contributed by atoms with Crippen LogP contribution in [-0.2, 0) is 0 Å². The Morgan fingerprint density at radius 1 is 1.22 bits per heavy atom.